The molecule has 1 aliphatic heterocycles. The molecule has 1 aromatic heterocycles. The van der Waals surface area contributed by atoms with Gasteiger partial charge in [-0.3, -0.25) is 19.3 Å². The van der Waals surface area contributed by atoms with Crippen molar-refractivity contribution in [2.45, 2.75) is 12.8 Å². The van der Waals surface area contributed by atoms with Gasteiger partial charge in [0.2, 0.25) is 5.91 Å². The predicted octanol–water partition coefficient (Wildman–Crippen LogP) is 2.86. The molecule has 0 radical (unpaired) electrons. The Morgan fingerprint density at radius 3 is 2.33 bits per heavy atom. The molecule has 0 saturated heterocycles. The van der Waals surface area contributed by atoms with Gasteiger partial charge in [0.15, 0.2) is 0 Å². The van der Waals surface area contributed by atoms with Gasteiger partial charge in [0.25, 0.3) is 11.8 Å². The SMILES string of the molecule is O=C(CCCN1C(=O)c2ccccc2C1=O)Nc1ccc(Br)nc1. The highest BCUT2D eigenvalue weighted by Crippen LogP contribution is 2.22. The number of aromatic nitrogens is 1. The summed E-state index contributed by atoms with van der Waals surface area (Å²) in [5.74, 6) is -0.781. The summed E-state index contributed by atoms with van der Waals surface area (Å²) in [6.07, 6.45) is 2.16. The summed E-state index contributed by atoms with van der Waals surface area (Å²) < 4.78 is 0.686. The van der Waals surface area contributed by atoms with Crippen LogP contribution in [-0.2, 0) is 4.79 Å². The molecule has 0 spiro atoms. The van der Waals surface area contributed by atoms with Crippen LogP contribution in [0, 0.1) is 0 Å². The second-order valence-corrected chi connectivity index (χ2v) is 6.14. The van der Waals surface area contributed by atoms with Gasteiger partial charge in [-0.15, -0.1) is 0 Å². The number of anilines is 1. The zero-order chi connectivity index (χ0) is 17.1. The number of hydrogen-bond acceptors (Lipinski definition) is 4. The Hall–Kier alpha value is -2.54. The number of benzene rings is 1. The third-order valence-corrected chi connectivity index (χ3v) is 4.14. The molecular formula is C17H14BrN3O3. The first kappa shape index (κ1) is 16.3. The average molecular weight is 388 g/mol. The molecule has 2 aromatic rings. The molecule has 122 valence electrons. The number of halogens is 1. The highest BCUT2D eigenvalue weighted by molar-refractivity contribution is 9.10. The van der Waals surface area contributed by atoms with E-state index in [1.807, 2.05) is 0 Å². The topological polar surface area (TPSA) is 79.4 Å². The van der Waals surface area contributed by atoms with Crippen LogP contribution in [0.3, 0.4) is 0 Å². The van der Waals surface area contributed by atoms with Crippen LogP contribution in [0.2, 0.25) is 0 Å². The minimum Gasteiger partial charge on any atom is -0.325 e. The van der Waals surface area contributed by atoms with E-state index in [0.29, 0.717) is 27.8 Å². The number of imide groups is 1. The van der Waals surface area contributed by atoms with Crippen LogP contribution in [-0.4, -0.2) is 34.2 Å². The summed E-state index contributed by atoms with van der Waals surface area (Å²) in [5, 5.41) is 2.72. The molecule has 0 aliphatic carbocycles. The number of pyridine rings is 1. The molecule has 6 nitrogen and oxygen atoms in total. The molecule has 0 saturated carbocycles. The van der Waals surface area contributed by atoms with Crippen molar-refractivity contribution in [3.63, 3.8) is 0 Å². The van der Waals surface area contributed by atoms with Crippen molar-refractivity contribution in [2.24, 2.45) is 0 Å². The van der Waals surface area contributed by atoms with E-state index in [9.17, 15) is 14.4 Å². The van der Waals surface area contributed by atoms with Crippen molar-refractivity contribution >= 4 is 39.3 Å². The molecule has 0 atom stereocenters. The molecule has 1 N–H and O–H groups in total. The monoisotopic (exact) mass is 387 g/mol. The lowest BCUT2D eigenvalue weighted by atomic mass is 10.1. The van der Waals surface area contributed by atoms with Gasteiger partial charge in [-0.25, -0.2) is 4.98 Å². The van der Waals surface area contributed by atoms with Gasteiger partial charge < -0.3 is 5.32 Å². The second-order valence-electron chi connectivity index (χ2n) is 5.33. The van der Waals surface area contributed by atoms with Crippen LogP contribution >= 0.6 is 15.9 Å². The quantitative estimate of drug-likeness (QED) is 0.631. The molecule has 0 fully saturated rings. The normalized spacial score (nSPS) is 13.1. The van der Waals surface area contributed by atoms with E-state index in [0.717, 1.165) is 0 Å². The maximum atomic E-state index is 12.2. The number of carbonyl (C=O) groups excluding carboxylic acids is 3. The Balaban J connectivity index is 1.52. The van der Waals surface area contributed by atoms with Crippen molar-refractivity contribution in [3.05, 3.63) is 58.3 Å². The molecular weight excluding hydrogens is 374 g/mol. The number of fused-ring (bicyclic) bond motifs is 1. The Morgan fingerprint density at radius 2 is 1.75 bits per heavy atom. The van der Waals surface area contributed by atoms with Crippen LogP contribution < -0.4 is 5.32 Å². The van der Waals surface area contributed by atoms with E-state index in [2.05, 4.69) is 26.2 Å². The van der Waals surface area contributed by atoms with Crippen molar-refractivity contribution in [3.8, 4) is 0 Å². The average Bonchev–Trinajstić information content (AvgIpc) is 2.82. The fraction of sp³-hybridized carbons (Fsp3) is 0.176. The minimum atomic E-state index is -0.298. The Morgan fingerprint density at radius 1 is 1.08 bits per heavy atom. The smallest absolute Gasteiger partial charge is 0.261 e. The first-order chi connectivity index (χ1) is 11.6. The van der Waals surface area contributed by atoms with Gasteiger partial charge in [-0.1, -0.05) is 12.1 Å². The zero-order valence-corrected chi connectivity index (χ0v) is 14.2. The standard InChI is InChI=1S/C17H14BrN3O3/c18-14-8-7-11(10-19-14)20-15(22)6-3-9-21-16(23)12-4-1-2-5-13(12)17(21)24/h1-2,4-5,7-8,10H,3,6,9H2,(H,20,22). The summed E-state index contributed by atoms with van der Waals surface area (Å²) in [6, 6.07) is 10.2. The van der Waals surface area contributed by atoms with Crippen LogP contribution in [0.1, 0.15) is 33.6 Å². The van der Waals surface area contributed by atoms with Crippen molar-refractivity contribution in [2.75, 3.05) is 11.9 Å². The third kappa shape index (κ3) is 3.35. The van der Waals surface area contributed by atoms with Gasteiger partial charge in [0, 0.05) is 13.0 Å². The second kappa shape index (κ2) is 6.92. The lowest BCUT2D eigenvalue weighted by Gasteiger charge is -2.13. The maximum Gasteiger partial charge on any atom is 0.261 e. The first-order valence-electron chi connectivity index (χ1n) is 7.43. The highest BCUT2D eigenvalue weighted by atomic mass is 79.9. The van der Waals surface area contributed by atoms with Crippen LogP contribution in [0.5, 0.6) is 0 Å². The van der Waals surface area contributed by atoms with Crippen LogP contribution in [0.15, 0.2) is 47.2 Å². The largest absolute Gasteiger partial charge is 0.325 e. The summed E-state index contributed by atoms with van der Waals surface area (Å²) in [4.78, 5) is 41.5. The third-order valence-electron chi connectivity index (χ3n) is 3.67. The van der Waals surface area contributed by atoms with Gasteiger partial charge >= 0.3 is 0 Å². The van der Waals surface area contributed by atoms with E-state index >= 15 is 0 Å². The van der Waals surface area contributed by atoms with E-state index < -0.39 is 0 Å². The van der Waals surface area contributed by atoms with E-state index in [-0.39, 0.29) is 30.7 Å². The minimum absolute atomic E-state index is 0.185. The molecule has 0 unspecified atom stereocenters. The lowest BCUT2D eigenvalue weighted by molar-refractivity contribution is -0.116. The molecule has 2 heterocycles. The summed E-state index contributed by atoms with van der Waals surface area (Å²) in [5.41, 5.74) is 1.45. The Kier molecular flexibility index (Phi) is 4.71. The van der Waals surface area contributed by atoms with Crippen molar-refractivity contribution in [1.29, 1.82) is 0 Å². The number of rotatable bonds is 5. The highest BCUT2D eigenvalue weighted by Gasteiger charge is 2.34. The first-order valence-corrected chi connectivity index (χ1v) is 8.22. The van der Waals surface area contributed by atoms with E-state index in [1.165, 1.54) is 4.90 Å². The van der Waals surface area contributed by atoms with Crippen LogP contribution in [0.25, 0.3) is 0 Å². The Bertz CT molecular complexity index is 770. The summed E-state index contributed by atoms with van der Waals surface area (Å²) in [7, 11) is 0. The van der Waals surface area contributed by atoms with Gasteiger partial charge in [-0.05, 0) is 46.6 Å². The lowest BCUT2D eigenvalue weighted by Crippen LogP contribution is -2.31. The fourth-order valence-corrected chi connectivity index (χ4v) is 2.75. The van der Waals surface area contributed by atoms with E-state index in [1.54, 1.807) is 42.6 Å². The van der Waals surface area contributed by atoms with Gasteiger partial charge in [-0.2, -0.15) is 0 Å². The number of nitrogens with one attached hydrogen (secondary N) is 1. The molecule has 7 heteroatoms. The fourth-order valence-electron chi connectivity index (χ4n) is 2.51. The molecule has 1 aliphatic rings. The summed E-state index contributed by atoms with van der Waals surface area (Å²) >= 11 is 3.22. The predicted molar refractivity (Wildman–Crippen MR) is 91.6 cm³/mol. The van der Waals surface area contributed by atoms with Gasteiger partial charge in [0.05, 0.1) is 23.0 Å². The van der Waals surface area contributed by atoms with Crippen LogP contribution in [0.4, 0.5) is 5.69 Å². The molecule has 24 heavy (non-hydrogen) atoms. The number of amides is 3. The number of nitrogens with zero attached hydrogens (tertiary/aromatic N) is 2. The van der Waals surface area contributed by atoms with E-state index in [4.69, 9.17) is 0 Å². The number of hydrogen-bond donors (Lipinski definition) is 1. The maximum absolute atomic E-state index is 12.2. The summed E-state index contributed by atoms with van der Waals surface area (Å²) in [6.45, 7) is 0.221. The van der Waals surface area contributed by atoms with Crippen molar-refractivity contribution < 1.29 is 14.4 Å². The molecule has 3 rings (SSSR count). The number of carbonyl (C=O) groups is 3. The Labute approximate surface area is 147 Å². The molecule has 0 bridgehead atoms. The van der Waals surface area contributed by atoms with Crippen molar-refractivity contribution in [1.82, 2.24) is 9.88 Å². The van der Waals surface area contributed by atoms with Gasteiger partial charge in [0.1, 0.15) is 4.60 Å². The molecule has 1 aromatic carbocycles. The molecule has 3 amide bonds. The zero-order valence-electron chi connectivity index (χ0n) is 12.7.